The number of aromatic amines is 1. The van der Waals surface area contributed by atoms with Crippen molar-refractivity contribution in [2.24, 2.45) is 0 Å². The number of amides is 1. The number of benzene rings is 1. The van der Waals surface area contributed by atoms with Crippen molar-refractivity contribution in [2.45, 2.75) is 12.8 Å². The van der Waals surface area contributed by atoms with Crippen LogP contribution in [0, 0.1) is 0 Å². The highest BCUT2D eigenvalue weighted by molar-refractivity contribution is 5.91. The van der Waals surface area contributed by atoms with Crippen molar-refractivity contribution in [1.29, 1.82) is 0 Å². The highest BCUT2D eigenvalue weighted by Crippen LogP contribution is 2.19. The molecule has 0 saturated heterocycles. The SMILES string of the molecule is O=C(CCc1c[nH]c2ccccc12)Nc1cnn(-c2ncccn2)c1. The van der Waals surface area contributed by atoms with E-state index in [9.17, 15) is 4.79 Å². The Kier molecular flexibility index (Phi) is 3.96. The Hall–Kier alpha value is -3.48. The van der Waals surface area contributed by atoms with Crippen molar-refractivity contribution in [3.63, 3.8) is 0 Å². The Morgan fingerprint density at radius 2 is 2.00 bits per heavy atom. The third kappa shape index (κ3) is 3.25. The molecule has 7 heteroatoms. The van der Waals surface area contributed by atoms with Crippen LogP contribution in [0.1, 0.15) is 12.0 Å². The molecular formula is C18H16N6O. The third-order valence-corrected chi connectivity index (χ3v) is 3.92. The quantitative estimate of drug-likeness (QED) is 0.588. The van der Waals surface area contributed by atoms with Crippen LogP contribution in [0.2, 0.25) is 0 Å². The Labute approximate surface area is 143 Å². The largest absolute Gasteiger partial charge is 0.361 e. The average molecular weight is 332 g/mol. The van der Waals surface area contributed by atoms with E-state index in [-0.39, 0.29) is 5.91 Å². The van der Waals surface area contributed by atoms with E-state index in [0.717, 1.165) is 16.5 Å². The maximum absolute atomic E-state index is 12.2. The summed E-state index contributed by atoms with van der Waals surface area (Å²) in [5, 5.41) is 8.17. The molecule has 0 aliphatic rings. The van der Waals surface area contributed by atoms with E-state index in [1.807, 2.05) is 24.4 Å². The van der Waals surface area contributed by atoms with Gasteiger partial charge in [-0.15, -0.1) is 0 Å². The van der Waals surface area contributed by atoms with Gasteiger partial charge in [-0.25, -0.2) is 14.6 Å². The van der Waals surface area contributed by atoms with Crippen LogP contribution in [-0.4, -0.2) is 30.6 Å². The molecule has 1 aromatic carbocycles. The molecule has 1 amide bonds. The van der Waals surface area contributed by atoms with Gasteiger partial charge in [0.25, 0.3) is 0 Å². The van der Waals surface area contributed by atoms with Crippen molar-refractivity contribution >= 4 is 22.5 Å². The molecule has 0 radical (unpaired) electrons. The minimum atomic E-state index is -0.0567. The molecule has 7 nitrogen and oxygen atoms in total. The highest BCUT2D eigenvalue weighted by Gasteiger charge is 2.09. The van der Waals surface area contributed by atoms with Crippen LogP contribution in [0.5, 0.6) is 0 Å². The summed E-state index contributed by atoms with van der Waals surface area (Å²) in [6.45, 7) is 0. The van der Waals surface area contributed by atoms with E-state index in [1.54, 1.807) is 30.9 Å². The van der Waals surface area contributed by atoms with E-state index < -0.39 is 0 Å². The molecule has 2 N–H and O–H groups in total. The van der Waals surface area contributed by atoms with Crippen molar-refractivity contribution in [3.8, 4) is 5.95 Å². The zero-order chi connectivity index (χ0) is 17.1. The van der Waals surface area contributed by atoms with Crippen molar-refractivity contribution in [3.05, 3.63) is 66.9 Å². The smallest absolute Gasteiger partial charge is 0.250 e. The van der Waals surface area contributed by atoms with Crippen molar-refractivity contribution < 1.29 is 4.79 Å². The molecule has 0 unspecified atom stereocenters. The maximum Gasteiger partial charge on any atom is 0.250 e. The second-order valence-corrected chi connectivity index (χ2v) is 5.63. The second-order valence-electron chi connectivity index (χ2n) is 5.63. The number of hydrogen-bond donors (Lipinski definition) is 2. The first-order valence-electron chi connectivity index (χ1n) is 7.96. The van der Waals surface area contributed by atoms with E-state index in [0.29, 0.717) is 24.5 Å². The summed E-state index contributed by atoms with van der Waals surface area (Å²) in [6, 6.07) is 9.81. The molecule has 0 fully saturated rings. The fourth-order valence-corrected chi connectivity index (χ4v) is 2.72. The predicted octanol–water partition coefficient (Wildman–Crippen LogP) is 2.71. The lowest BCUT2D eigenvalue weighted by Crippen LogP contribution is -2.11. The number of nitrogens with one attached hydrogen (secondary N) is 2. The molecule has 124 valence electrons. The second kappa shape index (κ2) is 6.56. The number of H-pyrrole nitrogens is 1. The number of aryl methyl sites for hydroxylation is 1. The van der Waals surface area contributed by atoms with Crippen LogP contribution >= 0.6 is 0 Å². The molecule has 4 rings (SSSR count). The topological polar surface area (TPSA) is 88.5 Å². The molecule has 0 spiro atoms. The summed E-state index contributed by atoms with van der Waals surface area (Å²) in [6.07, 6.45) is 9.59. The minimum Gasteiger partial charge on any atom is -0.361 e. The summed E-state index contributed by atoms with van der Waals surface area (Å²) in [4.78, 5) is 23.7. The fourth-order valence-electron chi connectivity index (χ4n) is 2.72. The van der Waals surface area contributed by atoms with Gasteiger partial charge in [-0.05, 0) is 24.1 Å². The zero-order valence-electron chi connectivity index (χ0n) is 13.4. The number of hydrogen-bond acceptors (Lipinski definition) is 4. The zero-order valence-corrected chi connectivity index (χ0v) is 13.4. The first kappa shape index (κ1) is 15.1. The van der Waals surface area contributed by atoms with E-state index >= 15 is 0 Å². The van der Waals surface area contributed by atoms with Crippen LogP contribution in [0.4, 0.5) is 5.69 Å². The third-order valence-electron chi connectivity index (χ3n) is 3.92. The molecular weight excluding hydrogens is 316 g/mol. The summed E-state index contributed by atoms with van der Waals surface area (Å²) >= 11 is 0. The summed E-state index contributed by atoms with van der Waals surface area (Å²) in [5.74, 6) is 0.403. The number of aromatic nitrogens is 5. The maximum atomic E-state index is 12.2. The van der Waals surface area contributed by atoms with E-state index in [4.69, 9.17) is 0 Å². The van der Waals surface area contributed by atoms with Gasteiger partial charge >= 0.3 is 0 Å². The van der Waals surface area contributed by atoms with E-state index in [2.05, 4.69) is 31.4 Å². The van der Waals surface area contributed by atoms with Crippen LogP contribution in [0.15, 0.2) is 61.3 Å². The lowest BCUT2D eigenvalue weighted by atomic mass is 10.1. The monoisotopic (exact) mass is 332 g/mol. The molecule has 0 bridgehead atoms. The average Bonchev–Trinajstić information content (AvgIpc) is 3.28. The Morgan fingerprint density at radius 3 is 2.88 bits per heavy atom. The molecule has 25 heavy (non-hydrogen) atoms. The summed E-state index contributed by atoms with van der Waals surface area (Å²) < 4.78 is 1.52. The molecule has 4 aromatic rings. The number of carbonyl (C=O) groups is 1. The molecule has 0 aliphatic carbocycles. The first-order chi connectivity index (χ1) is 12.3. The minimum absolute atomic E-state index is 0.0567. The van der Waals surface area contributed by atoms with Crippen LogP contribution in [0.3, 0.4) is 0 Å². The van der Waals surface area contributed by atoms with Gasteiger partial charge in [-0.2, -0.15) is 5.10 Å². The number of nitrogens with zero attached hydrogens (tertiary/aromatic N) is 4. The molecule has 0 saturated carbocycles. The van der Waals surface area contributed by atoms with Gasteiger partial charge in [-0.1, -0.05) is 18.2 Å². The number of rotatable bonds is 5. The van der Waals surface area contributed by atoms with Gasteiger partial charge in [0, 0.05) is 35.9 Å². The molecule has 3 heterocycles. The number of para-hydroxylation sites is 1. The van der Waals surface area contributed by atoms with Crippen molar-refractivity contribution in [1.82, 2.24) is 24.7 Å². The van der Waals surface area contributed by atoms with Crippen LogP contribution in [-0.2, 0) is 11.2 Å². The Morgan fingerprint density at radius 1 is 1.16 bits per heavy atom. The Bertz CT molecular complexity index is 1000. The van der Waals surface area contributed by atoms with E-state index in [1.165, 1.54) is 4.68 Å². The lowest BCUT2D eigenvalue weighted by Gasteiger charge is -2.02. The van der Waals surface area contributed by atoms with Gasteiger partial charge in [0.2, 0.25) is 11.9 Å². The normalized spacial score (nSPS) is 10.9. The van der Waals surface area contributed by atoms with Gasteiger partial charge in [0.05, 0.1) is 18.1 Å². The highest BCUT2D eigenvalue weighted by atomic mass is 16.1. The number of fused-ring (bicyclic) bond motifs is 1. The number of anilines is 1. The van der Waals surface area contributed by atoms with Gasteiger partial charge in [0.1, 0.15) is 0 Å². The first-order valence-corrected chi connectivity index (χ1v) is 7.96. The van der Waals surface area contributed by atoms with Crippen LogP contribution in [0.25, 0.3) is 16.9 Å². The van der Waals surface area contributed by atoms with Crippen LogP contribution < -0.4 is 5.32 Å². The number of carbonyl (C=O) groups excluding carboxylic acids is 1. The molecule has 0 aliphatic heterocycles. The van der Waals surface area contributed by atoms with Gasteiger partial charge < -0.3 is 10.3 Å². The van der Waals surface area contributed by atoms with Crippen molar-refractivity contribution in [2.75, 3.05) is 5.32 Å². The van der Waals surface area contributed by atoms with Gasteiger partial charge in [0.15, 0.2) is 0 Å². The Balaban J connectivity index is 1.39. The molecule has 3 aromatic heterocycles. The molecule has 0 atom stereocenters. The fraction of sp³-hybridized carbons (Fsp3) is 0.111. The predicted molar refractivity (Wildman–Crippen MR) is 94.4 cm³/mol. The summed E-state index contributed by atoms with van der Waals surface area (Å²) in [5.41, 5.74) is 2.84. The standard InChI is InChI=1S/C18H16N6O/c25-17(7-6-13-10-21-16-5-2-1-4-15(13)16)23-14-11-22-24(12-14)18-19-8-3-9-20-18/h1-5,8-12,21H,6-7H2,(H,23,25). The summed E-state index contributed by atoms with van der Waals surface area (Å²) in [7, 11) is 0. The lowest BCUT2D eigenvalue weighted by molar-refractivity contribution is -0.116. The van der Waals surface area contributed by atoms with Gasteiger partial charge in [-0.3, -0.25) is 4.79 Å².